The summed E-state index contributed by atoms with van der Waals surface area (Å²) in [6, 6.07) is 0.651. The van der Waals surface area contributed by atoms with E-state index in [-0.39, 0.29) is 18.3 Å². The van der Waals surface area contributed by atoms with Gasteiger partial charge in [-0.05, 0) is 50.5 Å². The second kappa shape index (κ2) is 9.27. The Kier molecular flexibility index (Phi) is 7.68. The lowest BCUT2D eigenvalue weighted by Gasteiger charge is -2.35. The minimum absolute atomic E-state index is 0. The van der Waals surface area contributed by atoms with Crippen LogP contribution in [0.25, 0.3) is 0 Å². The van der Waals surface area contributed by atoms with E-state index < -0.39 is 0 Å². The first-order valence-corrected chi connectivity index (χ1v) is 9.74. The van der Waals surface area contributed by atoms with Gasteiger partial charge in [0, 0.05) is 25.0 Å². The number of nitrogens with zero attached hydrogens (tertiary/aromatic N) is 1. The SMILES string of the molecule is CC(CC1CCCCC1)C(=O)N1CCC(NCC2CC2)CC1.Cl. The van der Waals surface area contributed by atoms with Gasteiger partial charge in [-0.2, -0.15) is 0 Å². The van der Waals surface area contributed by atoms with Crippen LogP contribution in [0.15, 0.2) is 0 Å². The van der Waals surface area contributed by atoms with Crippen LogP contribution in [0.1, 0.15) is 71.1 Å². The minimum Gasteiger partial charge on any atom is -0.342 e. The van der Waals surface area contributed by atoms with Crippen LogP contribution in [0, 0.1) is 17.8 Å². The van der Waals surface area contributed by atoms with Crippen molar-refractivity contribution in [3.05, 3.63) is 0 Å². The fourth-order valence-electron chi connectivity index (χ4n) is 4.29. The first kappa shape index (κ1) is 19.1. The molecule has 0 aromatic carbocycles. The molecule has 2 saturated carbocycles. The van der Waals surface area contributed by atoms with E-state index in [2.05, 4.69) is 17.1 Å². The molecule has 3 fully saturated rings. The van der Waals surface area contributed by atoms with Crippen molar-refractivity contribution >= 4 is 18.3 Å². The molecule has 0 bridgehead atoms. The molecule has 0 aromatic rings. The monoisotopic (exact) mass is 342 g/mol. The number of likely N-dealkylation sites (tertiary alicyclic amines) is 1. The van der Waals surface area contributed by atoms with E-state index >= 15 is 0 Å². The van der Waals surface area contributed by atoms with Gasteiger partial charge in [0.1, 0.15) is 0 Å². The molecule has 1 unspecified atom stereocenters. The molecule has 0 radical (unpaired) electrons. The predicted octanol–water partition coefficient (Wildman–Crippen LogP) is 4.01. The molecule has 0 spiro atoms. The van der Waals surface area contributed by atoms with Crippen molar-refractivity contribution in [2.24, 2.45) is 17.8 Å². The van der Waals surface area contributed by atoms with Crippen molar-refractivity contribution < 1.29 is 4.79 Å². The highest BCUT2D eigenvalue weighted by Crippen LogP contribution is 2.30. The normalized spacial score (nSPS) is 25.0. The molecule has 3 rings (SSSR count). The molecule has 1 atom stereocenters. The molecular formula is C19H35ClN2O. The minimum atomic E-state index is 0. The average molecular weight is 343 g/mol. The molecule has 134 valence electrons. The Morgan fingerprint density at radius 3 is 2.26 bits per heavy atom. The summed E-state index contributed by atoms with van der Waals surface area (Å²) in [5.74, 6) is 2.42. The van der Waals surface area contributed by atoms with Crippen molar-refractivity contribution in [3.8, 4) is 0 Å². The largest absolute Gasteiger partial charge is 0.342 e. The van der Waals surface area contributed by atoms with Gasteiger partial charge in [-0.15, -0.1) is 12.4 Å². The average Bonchev–Trinajstić information content (AvgIpc) is 3.38. The molecule has 3 aliphatic rings. The zero-order chi connectivity index (χ0) is 15.4. The fraction of sp³-hybridized carbons (Fsp3) is 0.947. The van der Waals surface area contributed by atoms with Gasteiger partial charge in [0.2, 0.25) is 5.91 Å². The molecule has 23 heavy (non-hydrogen) atoms. The molecule has 1 heterocycles. The van der Waals surface area contributed by atoms with Gasteiger partial charge in [-0.3, -0.25) is 4.79 Å². The molecule has 1 saturated heterocycles. The van der Waals surface area contributed by atoms with E-state index in [1.807, 2.05) is 0 Å². The number of amides is 1. The molecule has 1 amide bonds. The highest BCUT2D eigenvalue weighted by Gasteiger charge is 2.29. The zero-order valence-corrected chi connectivity index (χ0v) is 15.6. The number of nitrogens with one attached hydrogen (secondary N) is 1. The summed E-state index contributed by atoms with van der Waals surface area (Å²) in [6.45, 7) is 5.30. The number of hydrogen-bond acceptors (Lipinski definition) is 2. The number of halogens is 1. The first-order valence-electron chi connectivity index (χ1n) is 9.74. The summed E-state index contributed by atoms with van der Waals surface area (Å²) in [4.78, 5) is 14.8. The summed E-state index contributed by atoms with van der Waals surface area (Å²) in [5.41, 5.74) is 0. The topological polar surface area (TPSA) is 32.3 Å². The highest BCUT2D eigenvalue weighted by molar-refractivity contribution is 5.85. The van der Waals surface area contributed by atoms with E-state index in [9.17, 15) is 4.79 Å². The third-order valence-electron chi connectivity index (χ3n) is 6.03. The van der Waals surface area contributed by atoms with Crippen LogP contribution < -0.4 is 5.32 Å². The van der Waals surface area contributed by atoms with Gasteiger partial charge in [-0.25, -0.2) is 0 Å². The molecule has 1 N–H and O–H groups in total. The standard InChI is InChI=1S/C19H34N2O.ClH/c1-15(13-16-5-3-2-4-6-16)19(22)21-11-9-18(10-12-21)20-14-17-7-8-17;/h15-18,20H,2-14H2,1H3;1H. The van der Waals surface area contributed by atoms with Crippen molar-refractivity contribution in [2.75, 3.05) is 19.6 Å². The summed E-state index contributed by atoms with van der Waals surface area (Å²) < 4.78 is 0. The van der Waals surface area contributed by atoms with Gasteiger partial charge < -0.3 is 10.2 Å². The fourth-order valence-corrected chi connectivity index (χ4v) is 4.29. The van der Waals surface area contributed by atoms with Crippen LogP contribution in [0.2, 0.25) is 0 Å². The quantitative estimate of drug-likeness (QED) is 0.791. The van der Waals surface area contributed by atoms with Crippen LogP contribution in [0.4, 0.5) is 0 Å². The number of carbonyl (C=O) groups excluding carboxylic acids is 1. The third kappa shape index (κ3) is 5.94. The van der Waals surface area contributed by atoms with E-state index in [4.69, 9.17) is 0 Å². The van der Waals surface area contributed by atoms with Gasteiger partial charge in [-0.1, -0.05) is 39.0 Å². The van der Waals surface area contributed by atoms with Gasteiger partial charge in [0.15, 0.2) is 0 Å². The zero-order valence-electron chi connectivity index (χ0n) is 14.8. The number of carbonyl (C=O) groups is 1. The lowest BCUT2D eigenvalue weighted by atomic mass is 9.83. The maximum Gasteiger partial charge on any atom is 0.225 e. The van der Waals surface area contributed by atoms with Crippen LogP contribution in [-0.2, 0) is 4.79 Å². The lowest BCUT2D eigenvalue weighted by molar-refractivity contribution is -0.136. The van der Waals surface area contributed by atoms with Crippen molar-refractivity contribution in [3.63, 3.8) is 0 Å². The van der Waals surface area contributed by atoms with E-state index in [0.29, 0.717) is 11.9 Å². The van der Waals surface area contributed by atoms with Crippen LogP contribution in [0.3, 0.4) is 0 Å². The van der Waals surface area contributed by atoms with Crippen LogP contribution >= 0.6 is 12.4 Å². The molecule has 1 aliphatic heterocycles. The maximum absolute atomic E-state index is 12.7. The predicted molar refractivity (Wildman–Crippen MR) is 97.9 cm³/mol. The van der Waals surface area contributed by atoms with Crippen LogP contribution in [0.5, 0.6) is 0 Å². The lowest BCUT2D eigenvalue weighted by Crippen LogP contribution is -2.47. The molecule has 4 heteroatoms. The second-order valence-corrected chi connectivity index (χ2v) is 8.09. The first-order chi connectivity index (χ1) is 10.7. The third-order valence-corrected chi connectivity index (χ3v) is 6.03. The highest BCUT2D eigenvalue weighted by atomic mass is 35.5. The van der Waals surface area contributed by atoms with Gasteiger partial charge in [0.05, 0.1) is 0 Å². The number of hydrogen-bond donors (Lipinski definition) is 1. The van der Waals surface area contributed by atoms with Crippen LogP contribution in [-0.4, -0.2) is 36.5 Å². The molecular weight excluding hydrogens is 308 g/mol. The van der Waals surface area contributed by atoms with E-state index in [0.717, 1.165) is 44.2 Å². The number of piperidine rings is 1. The van der Waals surface area contributed by atoms with Crippen molar-refractivity contribution in [1.29, 1.82) is 0 Å². The smallest absolute Gasteiger partial charge is 0.225 e. The van der Waals surface area contributed by atoms with E-state index in [1.54, 1.807) is 0 Å². The molecule has 3 nitrogen and oxygen atoms in total. The number of rotatable bonds is 6. The molecule has 0 aromatic heterocycles. The Labute approximate surface area is 148 Å². The summed E-state index contributed by atoms with van der Waals surface area (Å²) >= 11 is 0. The van der Waals surface area contributed by atoms with Crippen molar-refractivity contribution in [2.45, 2.75) is 77.2 Å². The Balaban J connectivity index is 0.00000192. The maximum atomic E-state index is 12.7. The Morgan fingerprint density at radius 1 is 1.00 bits per heavy atom. The van der Waals surface area contributed by atoms with Crippen molar-refractivity contribution in [1.82, 2.24) is 10.2 Å². The second-order valence-electron chi connectivity index (χ2n) is 8.09. The van der Waals surface area contributed by atoms with Gasteiger partial charge >= 0.3 is 0 Å². The molecule has 2 aliphatic carbocycles. The Morgan fingerprint density at radius 2 is 1.65 bits per heavy atom. The summed E-state index contributed by atoms with van der Waals surface area (Å²) in [7, 11) is 0. The Bertz CT molecular complexity index is 358. The summed E-state index contributed by atoms with van der Waals surface area (Å²) in [6.07, 6.45) is 13.1. The van der Waals surface area contributed by atoms with E-state index in [1.165, 1.54) is 51.5 Å². The summed E-state index contributed by atoms with van der Waals surface area (Å²) in [5, 5.41) is 3.70. The Hall–Kier alpha value is -0.280. The van der Waals surface area contributed by atoms with Gasteiger partial charge in [0.25, 0.3) is 0 Å².